The fourth-order valence-corrected chi connectivity index (χ4v) is 3.10. The van der Waals surface area contributed by atoms with Crippen LogP contribution in [0.25, 0.3) is 0 Å². The van der Waals surface area contributed by atoms with Crippen LogP contribution in [0.4, 0.5) is 0 Å². The number of unbranched alkanes of at least 4 members (excludes halogenated alkanes) is 13. The lowest BCUT2D eigenvalue weighted by atomic mass is 10.0. The summed E-state index contributed by atoms with van der Waals surface area (Å²) in [7, 11) is 0. The predicted octanol–water partition coefficient (Wildman–Crippen LogP) is 7.57. The van der Waals surface area contributed by atoms with Crippen molar-refractivity contribution in [3.8, 4) is 0 Å². The van der Waals surface area contributed by atoms with E-state index in [1.54, 1.807) is 0 Å². The second-order valence-corrected chi connectivity index (χ2v) is 7.54. The van der Waals surface area contributed by atoms with Gasteiger partial charge in [-0.1, -0.05) is 110 Å². The summed E-state index contributed by atoms with van der Waals surface area (Å²) >= 11 is 0. The van der Waals surface area contributed by atoms with Gasteiger partial charge in [0.1, 0.15) is 0 Å². The van der Waals surface area contributed by atoms with Gasteiger partial charge in [0, 0.05) is 6.42 Å². The molecule has 0 rings (SSSR count). The SMILES string of the molecule is C=COC(=O)CCCCCCCCCCCCCCCCC(C)C. The first kappa shape index (κ1) is 23.2. The number of hydrogen-bond acceptors (Lipinski definition) is 2. The summed E-state index contributed by atoms with van der Waals surface area (Å²) in [6, 6.07) is 0. The molecule has 0 saturated carbocycles. The molecule has 0 heterocycles. The molecule has 0 aliphatic carbocycles. The van der Waals surface area contributed by atoms with E-state index in [4.69, 9.17) is 4.74 Å². The van der Waals surface area contributed by atoms with E-state index >= 15 is 0 Å². The quantitative estimate of drug-likeness (QED) is 0.146. The molecule has 2 heteroatoms. The van der Waals surface area contributed by atoms with Crippen LogP contribution in [0.3, 0.4) is 0 Å². The fraction of sp³-hybridized carbons (Fsp3) is 0.864. The monoisotopic (exact) mass is 338 g/mol. The van der Waals surface area contributed by atoms with Crippen LogP contribution >= 0.6 is 0 Å². The van der Waals surface area contributed by atoms with E-state index in [9.17, 15) is 4.79 Å². The zero-order valence-corrected chi connectivity index (χ0v) is 16.5. The molecule has 0 spiro atoms. The molecule has 24 heavy (non-hydrogen) atoms. The van der Waals surface area contributed by atoms with Crippen molar-refractivity contribution in [2.45, 2.75) is 117 Å². The standard InChI is InChI=1S/C22H42O2/c1-4-24-22(23)20-18-16-14-12-10-8-6-5-7-9-11-13-15-17-19-21(2)3/h4,21H,1,5-20H2,2-3H3. The van der Waals surface area contributed by atoms with Crippen LogP contribution in [-0.4, -0.2) is 5.97 Å². The minimum atomic E-state index is -0.148. The Bertz CT molecular complexity index is 284. The Morgan fingerprint density at radius 3 is 1.50 bits per heavy atom. The summed E-state index contributed by atoms with van der Waals surface area (Å²) in [5.74, 6) is 0.726. The lowest BCUT2D eigenvalue weighted by Gasteiger charge is -2.05. The van der Waals surface area contributed by atoms with Gasteiger partial charge in [0.2, 0.25) is 0 Å². The zero-order valence-electron chi connectivity index (χ0n) is 16.5. The highest BCUT2D eigenvalue weighted by Gasteiger charge is 2.00. The number of hydrogen-bond donors (Lipinski definition) is 0. The van der Waals surface area contributed by atoms with E-state index in [0.29, 0.717) is 6.42 Å². The smallest absolute Gasteiger partial charge is 0.310 e. The minimum absolute atomic E-state index is 0.148. The summed E-state index contributed by atoms with van der Waals surface area (Å²) in [5.41, 5.74) is 0. The van der Waals surface area contributed by atoms with Crippen molar-refractivity contribution in [3.63, 3.8) is 0 Å². The average molecular weight is 339 g/mol. The Morgan fingerprint density at radius 2 is 1.12 bits per heavy atom. The number of esters is 1. The molecule has 0 amide bonds. The molecule has 0 atom stereocenters. The van der Waals surface area contributed by atoms with Crippen molar-refractivity contribution in [2.75, 3.05) is 0 Å². The van der Waals surface area contributed by atoms with Gasteiger partial charge in [-0.15, -0.1) is 0 Å². The second-order valence-electron chi connectivity index (χ2n) is 7.54. The fourth-order valence-electron chi connectivity index (χ4n) is 3.10. The molecule has 2 nitrogen and oxygen atoms in total. The van der Waals surface area contributed by atoms with Gasteiger partial charge in [-0.2, -0.15) is 0 Å². The van der Waals surface area contributed by atoms with E-state index in [-0.39, 0.29) is 5.97 Å². The molecular formula is C22H42O2. The van der Waals surface area contributed by atoms with E-state index in [2.05, 4.69) is 20.4 Å². The number of carbonyl (C=O) groups excluding carboxylic acids is 1. The van der Waals surface area contributed by atoms with Crippen LogP contribution in [0.1, 0.15) is 117 Å². The number of rotatable bonds is 18. The summed E-state index contributed by atoms with van der Waals surface area (Å²) in [6.45, 7) is 8.02. The first-order valence-electron chi connectivity index (χ1n) is 10.5. The molecule has 142 valence electrons. The molecule has 0 aromatic carbocycles. The van der Waals surface area contributed by atoms with E-state index in [0.717, 1.165) is 18.8 Å². The highest BCUT2D eigenvalue weighted by Crippen LogP contribution is 2.14. The molecule has 0 aromatic rings. The molecule has 0 radical (unpaired) electrons. The van der Waals surface area contributed by atoms with Crippen LogP contribution in [0.5, 0.6) is 0 Å². The Morgan fingerprint density at radius 1 is 0.750 bits per heavy atom. The topological polar surface area (TPSA) is 26.3 Å². The lowest BCUT2D eigenvalue weighted by Crippen LogP contribution is -1.98. The highest BCUT2D eigenvalue weighted by molar-refractivity contribution is 5.69. The number of ether oxygens (including phenoxy) is 1. The van der Waals surface area contributed by atoms with Crippen molar-refractivity contribution in [2.24, 2.45) is 5.92 Å². The molecule has 0 N–H and O–H groups in total. The van der Waals surface area contributed by atoms with Crippen molar-refractivity contribution in [1.29, 1.82) is 0 Å². The molecule has 0 bridgehead atoms. The molecular weight excluding hydrogens is 296 g/mol. The van der Waals surface area contributed by atoms with E-state index < -0.39 is 0 Å². The van der Waals surface area contributed by atoms with Crippen molar-refractivity contribution in [3.05, 3.63) is 12.8 Å². The minimum Gasteiger partial charge on any atom is -0.435 e. The summed E-state index contributed by atoms with van der Waals surface area (Å²) < 4.78 is 4.70. The summed E-state index contributed by atoms with van der Waals surface area (Å²) in [5, 5.41) is 0. The van der Waals surface area contributed by atoms with Crippen LogP contribution < -0.4 is 0 Å². The maximum Gasteiger partial charge on any atom is 0.310 e. The third-order valence-corrected chi connectivity index (χ3v) is 4.63. The summed E-state index contributed by atoms with van der Waals surface area (Å²) in [4.78, 5) is 11.1. The van der Waals surface area contributed by atoms with Gasteiger partial charge in [0.15, 0.2) is 0 Å². The second kappa shape index (κ2) is 18.5. The lowest BCUT2D eigenvalue weighted by molar-refractivity contribution is -0.138. The Kier molecular flexibility index (Phi) is 17.9. The van der Waals surface area contributed by atoms with E-state index in [1.165, 1.54) is 89.7 Å². The number of carbonyl (C=O) groups is 1. The first-order valence-corrected chi connectivity index (χ1v) is 10.5. The van der Waals surface area contributed by atoms with Gasteiger partial charge in [-0.3, -0.25) is 4.79 Å². The normalized spacial score (nSPS) is 11.0. The Hall–Kier alpha value is -0.790. The Labute approximate surface area is 151 Å². The maximum absolute atomic E-state index is 11.1. The molecule has 0 fully saturated rings. The highest BCUT2D eigenvalue weighted by atomic mass is 16.5. The van der Waals surface area contributed by atoms with Crippen molar-refractivity contribution < 1.29 is 9.53 Å². The zero-order chi connectivity index (χ0) is 17.9. The van der Waals surface area contributed by atoms with Gasteiger partial charge in [0.05, 0.1) is 6.26 Å². The van der Waals surface area contributed by atoms with Gasteiger partial charge in [-0.25, -0.2) is 0 Å². The third kappa shape index (κ3) is 19.3. The van der Waals surface area contributed by atoms with Crippen LogP contribution in [0.2, 0.25) is 0 Å². The predicted molar refractivity (Wildman–Crippen MR) is 105 cm³/mol. The van der Waals surface area contributed by atoms with Crippen molar-refractivity contribution >= 4 is 5.97 Å². The Balaban J connectivity index is 3.05. The molecule has 0 unspecified atom stereocenters. The van der Waals surface area contributed by atoms with E-state index in [1.807, 2.05) is 0 Å². The first-order chi connectivity index (χ1) is 11.7. The van der Waals surface area contributed by atoms with Gasteiger partial charge >= 0.3 is 5.97 Å². The largest absolute Gasteiger partial charge is 0.435 e. The maximum atomic E-state index is 11.1. The average Bonchev–Trinajstić information content (AvgIpc) is 2.54. The third-order valence-electron chi connectivity index (χ3n) is 4.63. The summed E-state index contributed by atoms with van der Waals surface area (Å²) in [6.07, 6.45) is 21.9. The molecule has 0 aliphatic rings. The van der Waals surface area contributed by atoms with Gasteiger partial charge in [0.25, 0.3) is 0 Å². The van der Waals surface area contributed by atoms with Crippen LogP contribution in [-0.2, 0) is 9.53 Å². The van der Waals surface area contributed by atoms with Crippen LogP contribution in [0, 0.1) is 5.92 Å². The van der Waals surface area contributed by atoms with Gasteiger partial charge in [-0.05, 0) is 12.3 Å². The molecule has 0 aliphatic heterocycles. The van der Waals surface area contributed by atoms with Crippen molar-refractivity contribution in [1.82, 2.24) is 0 Å². The van der Waals surface area contributed by atoms with Crippen LogP contribution in [0.15, 0.2) is 12.8 Å². The molecule has 0 aromatic heterocycles. The van der Waals surface area contributed by atoms with Gasteiger partial charge < -0.3 is 4.74 Å². The molecule has 0 saturated heterocycles.